The second kappa shape index (κ2) is 6.08. The molecule has 1 N–H and O–H groups in total. The van der Waals surface area contributed by atoms with Crippen molar-refractivity contribution in [2.24, 2.45) is 0 Å². The van der Waals surface area contributed by atoms with Gasteiger partial charge in [-0.1, -0.05) is 30.3 Å². The molecule has 6 heteroatoms. The Morgan fingerprint density at radius 3 is 2.54 bits per heavy atom. The van der Waals surface area contributed by atoms with Crippen LogP contribution < -0.4 is 5.32 Å². The van der Waals surface area contributed by atoms with Gasteiger partial charge < -0.3 is 5.32 Å². The van der Waals surface area contributed by atoms with Gasteiger partial charge in [0, 0.05) is 29.6 Å². The Morgan fingerprint density at radius 2 is 1.75 bits per heavy atom. The average molecular weight is 319 g/mol. The van der Waals surface area contributed by atoms with Crippen molar-refractivity contribution in [3.05, 3.63) is 78.2 Å². The highest BCUT2D eigenvalue weighted by molar-refractivity contribution is 5.66. The lowest BCUT2D eigenvalue weighted by Crippen LogP contribution is -2.03. The molecule has 4 aromatic rings. The maximum absolute atomic E-state index is 13.0. The summed E-state index contributed by atoms with van der Waals surface area (Å²) in [7, 11) is 0. The van der Waals surface area contributed by atoms with Gasteiger partial charge >= 0.3 is 0 Å². The van der Waals surface area contributed by atoms with Gasteiger partial charge in [0.15, 0.2) is 5.65 Å². The standard InChI is InChI=1S/C18H14FN5/c19-16-6-8-17(9-7-16)20-11-14-10-15(13-4-2-1-3-5-13)12-24-18(14)21-22-23-24/h1-10,12,20H,11H2. The lowest BCUT2D eigenvalue weighted by Gasteiger charge is -2.09. The Bertz CT molecular complexity index is 964. The second-order valence-corrected chi connectivity index (χ2v) is 5.43. The molecule has 5 nitrogen and oxygen atoms in total. The zero-order chi connectivity index (χ0) is 16.4. The summed E-state index contributed by atoms with van der Waals surface area (Å²) in [6.45, 7) is 0.538. The van der Waals surface area contributed by atoms with Gasteiger partial charge in [-0.05, 0) is 46.3 Å². The highest BCUT2D eigenvalue weighted by Crippen LogP contribution is 2.22. The van der Waals surface area contributed by atoms with Crippen LogP contribution in [-0.4, -0.2) is 20.0 Å². The average Bonchev–Trinajstić information content (AvgIpc) is 3.10. The molecule has 4 rings (SSSR count). The maximum Gasteiger partial charge on any atom is 0.184 e. The van der Waals surface area contributed by atoms with E-state index in [1.165, 1.54) is 12.1 Å². The molecule has 0 aliphatic rings. The van der Waals surface area contributed by atoms with Crippen LogP contribution in [0.1, 0.15) is 5.56 Å². The minimum atomic E-state index is -0.254. The molecular formula is C18H14FN5. The number of benzene rings is 2. The SMILES string of the molecule is Fc1ccc(NCc2cc(-c3ccccc3)cn3nnnc23)cc1. The van der Waals surface area contributed by atoms with E-state index in [4.69, 9.17) is 0 Å². The van der Waals surface area contributed by atoms with Gasteiger partial charge in [-0.25, -0.2) is 4.39 Å². The van der Waals surface area contributed by atoms with Gasteiger partial charge in [-0.15, -0.1) is 5.10 Å². The minimum absolute atomic E-state index is 0.254. The van der Waals surface area contributed by atoms with E-state index in [0.29, 0.717) is 12.2 Å². The maximum atomic E-state index is 13.0. The predicted molar refractivity (Wildman–Crippen MR) is 89.9 cm³/mol. The summed E-state index contributed by atoms with van der Waals surface area (Å²) in [5, 5.41) is 15.1. The summed E-state index contributed by atoms with van der Waals surface area (Å²) >= 11 is 0. The lowest BCUT2D eigenvalue weighted by molar-refractivity contribution is 0.628. The smallest absolute Gasteiger partial charge is 0.184 e. The number of anilines is 1. The van der Waals surface area contributed by atoms with Crippen LogP contribution in [0.25, 0.3) is 16.8 Å². The van der Waals surface area contributed by atoms with Crippen LogP contribution in [0, 0.1) is 5.82 Å². The minimum Gasteiger partial charge on any atom is -0.381 e. The third kappa shape index (κ3) is 2.81. The molecule has 0 aliphatic carbocycles. The van der Waals surface area contributed by atoms with Crippen molar-refractivity contribution in [1.82, 2.24) is 20.0 Å². The van der Waals surface area contributed by atoms with Crippen molar-refractivity contribution in [2.75, 3.05) is 5.32 Å². The van der Waals surface area contributed by atoms with Gasteiger partial charge in [-0.3, -0.25) is 0 Å². The van der Waals surface area contributed by atoms with Crippen molar-refractivity contribution in [3.63, 3.8) is 0 Å². The number of fused-ring (bicyclic) bond motifs is 1. The number of hydrogen-bond donors (Lipinski definition) is 1. The predicted octanol–water partition coefficient (Wildman–Crippen LogP) is 3.54. The van der Waals surface area contributed by atoms with Crippen molar-refractivity contribution < 1.29 is 4.39 Å². The van der Waals surface area contributed by atoms with E-state index < -0.39 is 0 Å². The molecule has 0 unspecified atom stereocenters. The monoisotopic (exact) mass is 319 g/mol. The van der Waals surface area contributed by atoms with Crippen LogP contribution in [0.2, 0.25) is 0 Å². The van der Waals surface area contributed by atoms with Crippen molar-refractivity contribution in [2.45, 2.75) is 6.54 Å². The molecule has 0 saturated heterocycles. The number of tetrazole rings is 1. The molecule has 2 heterocycles. The van der Waals surface area contributed by atoms with Gasteiger partial charge in [0.25, 0.3) is 0 Å². The molecule has 0 saturated carbocycles. The van der Waals surface area contributed by atoms with Gasteiger partial charge in [-0.2, -0.15) is 4.52 Å². The molecule has 0 amide bonds. The molecule has 2 aromatic carbocycles. The van der Waals surface area contributed by atoms with Crippen molar-refractivity contribution >= 4 is 11.3 Å². The second-order valence-electron chi connectivity index (χ2n) is 5.43. The van der Waals surface area contributed by atoms with E-state index in [9.17, 15) is 4.39 Å². The number of rotatable bonds is 4. The first-order valence-electron chi connectivity index (χ1n) is 7.55. The fourth-order valence-electron chi connectivity index (χ4n) is 2.60. The largest absolute Gasteiger partial charge is 0.381 e. The Morgan fingerprint density at radius 1 is 0.958 bits per heavy atom. The molecule has 0 bridgehead atoms. The first-order valence-corrected chi connectivity index (χ1v) is 7.55. The van der Waals surface area contributed by atoms with Crippen LogP contribution in [0.4, 0.5) is 10.1 Å². The molecular weight excluding hydrogens is 305 g/mol. The molecule has 0 spiro atoms. The number of nitrogens with zero attached hydrogens (tertiary/aromatic N) is 4. The number of halogens is 1. The lowest BCUT2D eigenvalue weighted by atomic mass is 10.1. The Labute approximate surface area is 137 Å². The highest BCUT2D eigenvalue weighted by Gasteiger charge is 2.09. The van der Waals surface area contributed by atoms with Gasteiger partial charge in [0.1, 0.15) is 5.82 Å². The number of hydrogen-bond acceptors (Lipinski definition) is 4. The van der Waals surface area contributed by atoms with Crippen molar-refractivity contribution in [1.29, 1.82) is 0 Å². The third-order valence-electron chi connectivity index (χ3n) is 3.81. The highest BCUT2D eigenvalue weighted by atomic mass is 19.1. The summed E-state index contributed by atoms with van der Waals surface area (Å²) in [5.74, 6) is -0.254. The van der Waals surface area contributed by atoms with Crippen LogP contribution in [0.15, 0.2) is 66.9 Å². The van der Waals surface area contributed by atoms with E-state index in [1.807, 2.05) is 36.5 Å². The van der Waals surface area contributed by atoms with Crippen molar-refractivity contribution in [3.8, 4) is 11.1 Å². The quantitative estimate of drug-likeness (QED) is 0.625. The van der Waals surface area contributed by atoms with Gasteiger partial charge in [0.05, 0.1) is 0 Å². The molecule has 0 atom stereocenters. The van der Waals surface area contributed by atoms with Crippen LogP contribution in [0.3, 0.4) is 0 Å². The Balaban J connectivity index is 1.68. The fourth-order valence-corrected chi connectivity index (χ4v) is 2.60. The molecule has 0 radical (unpaired) electrons. The van der Waals surface area contributed by atoms with E-state index in [0.717, 1.165) is 22.4 Å². The van der Waals surface area contributed by atoms with Crippen LogP contribution >= 0.6 is 0 Å². The van der Waals surface area contributed by atoms with Crippen LogP contribution in [0.5, 0.6) is 0 Å². The number of nitrogens with one attached hydrogen (secondary N) is 1. The normalized spacial score (nSPS) is 10.9. The summed E-state index contributed by atoms with van der Waals surface area (Å²) < 4.78 is 14.7. The van der Waals surface area contributed by atoms with E-state index in [-0.39, 0.29) is 5.82 Å². The van der Waals surface area contributed by atoms with E-state index in [1.54, 1.807) is 16.6 Å². The zero-order valence-corrected chi connectivity index (χ0v) is 12.7. The van der Waals surface area contributed by atoms with Gasteiger partial charge in [0.2, 0.25) is 0 Å². The summed E-state index contributed by atoms with van der Waals surface area (Å²) in [6.07, 6.45) is 1.91. The first kappa shape index (κ1) is 14.3. The number of aromatic nitrogens is 4. The Hall–Kier alpha value is -3.28. The molecule has 0 aliphatic heterocycles. The summed E-state index contributed by atoms with van der Waals surface area (Å²) in [5.41, 5.74) is 4.63. The topological polar surface area (TPSA) is 55.1 Å². The molecule has 24 heavy (non-hydrogen) atoms. The molecule has 0 fully saturated rings. The van der Waals surface area contributed by atoms with E-state index in [2.05, 4.69) is 26.9 Å². The first-order chi connectivity index (χ1) is 11.8. The molecule has 118 valence electrons. The summed E-state index contributed by atoms with van der Waals surface area (Å²) in [4.78, 5) is 0. The fraction of sp³-hybridized carbons (Fsp3) is 0.0556. The van der Waals surface area contributed by atoms with E-state index >= 15 is 0 Å². The third-order valence-corrected chi connectivity index (χ3v) is 3.81. The summed E-state index contributed by atoms with van der Waals surface area (Å²) in [6, 6.07) is 18.4. The number of pyridine rings is 1. The zero-order valence-electron chi connectivity index (χ0n) is 12.7. The van der Waals surface area contributed by atoms with Crippen LogP contribution in [-0.2, 0) is 6.54 Å². The molecule has 2 aromatic heterocycles. The Kier molecular flexibility index (Phi) is 3.63.